The number of phenolic OH excluding ortho intramolecular Hbond substituents is 1. The van der Waals surface area contributed by atoms with Crippen LogP contribution in [0, 0.1) is 0 Å². The van der Waals surface area contributed by atoms with Crippen LogP contribution in [0.4, 0.5) is 0 Å². The van der Waals surface area contributed by atoms with E-state index in [1.807, 2.05) is 109 Å². The third-order valence-electron chi connectivity index (χ3n) is 5.62. The maximum Gasteiger partial charge on any atom is 0.135 e. The van der Waals surface area contributed by atoms with Gasteiger partial charge in [0.2, 0.25) is 0 Å². The molecule has 5 rings (SSSR count). The molecule has 0 aromatic heterocycles. The van der Waals surface area contributed by atoms with Gasteiger partial charge >= 0.3 is 0 Å². The van der Waals surface area contributed by atoms with E-state index in [1.165, 1.54) is 0 Å². The number of benzene rings is 5. The minimum atomic E-state index is 0.111. The van der Waals surface area contributed by atoms with Crippen LogP contribution in [0.2, 0.25) is 0 Å². The molecule has 0 radical (unpaired) electrons. The molecule has 0 saturated heterocycles. The molecule has 4 heteroatoms. The highest BCUT2D eigenvalue weighted by Gasteiger charge is 2.23. The van der Waals surface area contributed by atoms with Crippen LogP contribution >= 0.6 is 0 Å². The molecule has 0 heterocycles. The van der Waals surface area contributed by atoms with Crippen molar-refractivity contribution in [2.45, 2.75) is 0 Å². The average molecular weight is 461 g/mol. The molecule has 0 atom stereocenters. The monoisotopic (exact) mass is 460 g/mol. The fourth-order valence-electron chi connectivity index (χ4n) is 4.04. The predicted octanol–water partition coefficient (Wildman–Crippen LogP) is 8.32. The van der Waals surface area contributed by atoms with Crippen molar-refractivity contribution < 1.29 is 19.3 Å². The number of methoxy groups -OCH3 is 1. The highest BCUT2D eigenvalue weighted by atomic mass is 16.5. The van der Waals surface area contributed by atoms with Gasteiger partial charge in [0, 0.05) is 22.3 Å². The third-order valence-corrected chi connectivity index (χ3v) is 5.62. The van der Waals surface area contributed by atoms with Gasteiger partial charge in [-0.3, -0.25) is 0 Å². The van der Waals surface area contributed by atoms with E-state index in [-0.39, 0.29) is 5.75 Å². The summed E-state index contributed by atoms with van der Waals surface area (Å²) in [6.45, 7) is 0. The molecule has 0 aliphatic heterocycles. The van der Waals surface area contributed by atoms with E-state index in [9.17, 15) is 5.11 Å². The van der Waals surface area contributed by atoms with Gasteiger partial charge in [-0.15, -0.1) is 0 Å². The smallest absolute Gasteiger partial charge is 0.135 e. The molecular formula is C31H24O4. The summed E-state index contributed by atoms with van der Waals surface area (Å²) in [7, 11) is 1.62. The van der Waals surface area contributed by atoms with E-state index in [0.29, 0.717) is 39.9 Å². The number of hydrogen-bond donors (Lipinski definition) is 1. The van der Waals surface area contributed by atoms with Gasteiger partial charge in [-0.25, -0.2) is 0 Å². The Labute approximate surface area is 204 Å². The van der Waals surface area contributed by atoms with Gasteiger partial charge in [0.25, 0.3) is 0 Å². The molecule has 35 heavy (non-hydrogen) atoms. The Balaban J connectivity index is 1.70. The van der Waals surface area contributed by atoms with Crippen LogP contribution < -0.4 is 14.2 Å². The Morgan fingerprint density at radius 3 is 1.43 bits per heavy atom. The van der Waals surface area contributed by atoms with E-state index < -0.39 is 0 Å². The first kappa shape index (κ1) is 22.1. The Kier molecular flexibility index (Phi) is 6.35. The molecule has 5 aromatic rings. The predicted molar refractivity (Wildman–Crippen MR) is 139 cm³/mol. The molecular weight excluding hydrogens is 436 g/mol. The first-order valence-electron chi connectivity index (χ1n) is 11.3. The van der Waals surface area contributed by atoms with Gasteiger partial charge in [0.05, 0.1) is 7.11 Å². The molecule has 0 unspecified atom stereocenters. The number of para-hydroxylation sites is 4. The minimum absolute atomic E-state index is 0.111. The number of rotatable bonds is 7. The van der Waals surface area contributed by atoms with Crippen LogP contribution in [0.5, 0.6) is 34.5 Å². The summed E-state index contributed by atoms with van der Waals surface area (Å²) in [6.07, 6.45) is 0. The summed E-state index contributed by atoms with van der Waals surface area (Å²) < 4.78 is 18.3. The van der Waals surface area contributed by atoms with Crippen LogP contribution in [-0.2, 0) is 0 Å². The molecule has 0 spiro atoms. The normalized spacial score (nSPS) is 10.5. The molecule has 5 aromatic carbocycles. The van der Waals surface area contributed by atoms with Gasteiger partial charge < -0.3 is 19.3 Å². The zero-order valence-electron chi connectivity index (χ0n) is 19.2. The van der Waals surface area contributed by atoms with E-state index >= 15 is 0 Å². The van der Waals surface area contributed by atoms with Gasteiger partial charge in [-0.1, -0.05) is 72.8 Å². The maximum atomic E-state index is 11.1. The SMILES string of the molecule is COc1ccc(O)c(-c2ccccc2Oc2ccccc2)c1-c1ccccc1Oc1ccccc1. The van der Waals surface area contributed by atoms with E-state index in [0.717, 1.165) is 11.1 Å². The second kappa shape index (κ2) is 10.1. The van der Waals surface area contributed by atoms with Crippen molar-refractivity contribution in [2.24, 2.45) is 0 Å². The molecule has 0 saturated carbocycles. The van der Waals surface area contributed by atoms with Gasteiger partial charge in [-0.05, 0) is 48.5 Å². The van der Waals surface area contributed by atoms with E-state index in [4.69, 9.17) is 14.2 Å². The number of ether oxygens (including phenoxy) is 3. The van der Waals surface area contributed by atoms with Crippen LogP contribution in [0.25, 0.3) is 22.3 Å². The fraction of sp³-hybridized carbons (Fsp3) is 0.0323. The van der Waals surface area contributed by atoms with Crippen LogP contribution in [0.3, 0.4) is 0 Å². The van der Waals surface area contributed by atoms with Gasteiger partial charge in [0.1, 0.15) is 34.5 Å². The summed E-state index contributed by atoms with van der Waals surface area (Å²) in [5, 5.41) is 11.1. The van der Waals surface area contributed by atoms with Crippen molar-refractivity contribution in [3.05, 3.63) is 121 Å². The fourth-order valence-corrected chi connectivity index (χ4v) is 4.04. The number of phenols is 1. The number of aromatic hydroxyl groups is 1. The summed E-state index contributed by atoms with van der Waals surface area (Å²) in [6, 6.07) is 37.9. The molecule has 0 bridgehead atoms. The van der Waals surface area contributed by atoms with Crippen molar-refractivity contribution in [3.63, 3.8) is 0 Å². The third kappa shape index (κ3) is 4.68. The van der Waals surface area contributed by atoms with Crippen molar-refractivity contribution in [2.75, 3.05) is 7.11 Å². The van der Waals surface area contributed by atoms with Crippen molar-refractivity contribution in [1.29, 1.82) is 0 Å². The lowest BCUT2D eigenvalue weighted by Crippen LogP contribution is -1.96. The van der Waals surface area contributed by atoms with Crippen LogP contribution in [0.1, 0.15) is 0 Å². The van der Waals surface area contributed by atoms with Crippen molar-refractivity contribution >= 4 is 0 Å². The summed E-state index contributed by atoms with van der Waals surface area (Å²) in [5.41, 5.74) is 2.83. The molecule has 1 N–H and O–H groups in total. The lowest BCUT2D eigenvalue weighted by atomic mass is 9.91. The standard InChI is InChI=1S/C31H24O4/c1-33-29-21-20-26(32)30(24-16-8-10-18-27(24)34-22-12-4-2-5-13-22)31(29)25-17-9-11-19-28(25)35-23-14-6-3-7-15-23/h2-21,32H,1H3. The van der Waals surface area contributed by atoms with Gasteiger partial charge in [-0.2, -0.15) is 0 Å². The van der Waals surface area contributed by atoms with Crippen molar-refractivity contribution in [3.8, 4) is 56.8 Å². The quantitative estimate of drug-likeness (QED) is 0.265. The Hall–Kier alpha value is -4.70. The van der Waals surface area contributed by atoms with Gasteiger partial charge in [0.15, 0.2) is 0 Å². The molecule has 0 fully saturated rings. The number of hydrogen-bond acceptors (Lipinski definition) is 4. The first-order chi connectivity index (χ1) is 17.2. The Morgan fingerprint density at radius 2 is 0.914 bits per heavy atom. The summed E-state index contributed by atoms with van der Waals surface area (Å²) in [4.78, 5) is 0. The Bertz CT molecular complexity index is 1430. The topological polar surface area (TPSA) is 47.9 Å². The molecule has 0 aliphatic carbocycles. The minimum Gasteiger partial charge on any atom is -0.507 e. The van der Waals surface area contributed by atoms with Crippen LogP contribution in [0.15, 0.2) is 121 Å². The van der Waals surface area contributed by atoms with E-state index in [2.05, 4.69) is 0 Å². The van der Waals surface area contributed by atoms with E-state index in [1.54, 1.807) is 19.2 Å². The maximum absolute atomic E-state index is 11.1. The second-order valence-electron chi connectivity index (χ2n) is 7.86. The van der Waals surface area contributed by atoms with Crippen LogP contribution in [-0.4, -0.2) is 12.2 Å². The highest BCUT2D eigenvalue weighted by Crippen LogP contribution is 2.50. The second-order valence-corrected chi connectivity index (χ2v) is 7.86. The highest BCUT2D eigenvalue weighted by molar-refractivity contribution is 5.95. The lowest BCUT2D eigenvalue weighted by molar-refractivity contribution is 0.414. The zero-order valence-corrected chi connectivity index (χ0v) is 19.2. The molecule has 0 aliphatic rings. The Morgan fingerprint density at radius 1 is 0.457 bits per heavy atom. The zero-order chi connectivity index (χ0) is 24.0. The molecule has 0 amide bonds. The largest absolute Gasteiger partial charge is 0.507 e. The molecule has 172 valence electrons. The van der Waals surface area contributed by atoms with Crippen molar-refractivity contribution in [1.82, 2.24) is 0 Å². The first-order valence-corrected chi connectivity index (χ1v) is 11.3. The summed E-state index contributed by atoms with van der Waals surface area (Å²) >= 11 is 0. The lowest BCUT2D eigenvalue weighted by Gasteiger charge is -2.20. The summed E-state index contributed by atoms with van der Waals surface area (Å²) in [5.74, 6) is 3.40. The average Bonchev–Trinajstić information content (AvgIpc) is 2.91. The molecule has 4 nitrogen and oxygen atoms in total.